The van der Waals surface area contributed by atoms with Crippen molar-refractivity contribution in [2.45, 2.75) is 64.8 Å². The number of aryl methyl sites for hydroxylation is 1. The summed E-state index contributed by atoms with van der Waals surface area (Å²) in [5.41, 5.74) is -1.11. The van der Waals surface area contributed by atoms with Crippen LogP contribution in [0.1, 0.15) is 51.3 Å². The maximum absolute atomic E-state index is 13.4. The summed E-state index contributed by atoms with van der Waals surface area (Å²) in [6.45, 7) is 6.18. The minimum absolute atomic E-state index is 0.00768. The van der Waals surface area contributed by atoms with Crippen molar-refractivity contribution in [2.24, 2.45) is 5.92 Å². The van der Waals surface area contributed by atoms with Gasteiger partial charge in [-0.3, -0.25) is 0 Å². The molecule has 3 rings (SSSR count). The number of rotatable bonds is 7. The topological polar surface area (TPSA) is 43.2 Å². The van der Waals surface area contributed by atoms with Gasteiger partial charge in [-0.15, -0.1) is 0 Å². The van der Waals surface area contributed by atoms with Crippen LogP contribution in [0.3, 0.4) is 0 Å². The van der Waals surface area contributed by atoms with Gasteiger partial charge < -0.3 is 9.64 Å². The predicted octanol–water partition coefficient (Wildman–Crippen LogP) is 5.50. The Hall–Kier alpha value is -2.39. The molecule has 2 atom stereocenters. The minimum atomic E-state index is -4.53. The van der Waals surface area contributed by atoms with E-state index >= 15 is 0 Å². The Balaban J connectivity index is 1.68. The molecule has 2 aromatic heterocycles. The van der Waals surface area contributed by atoms with Gasteiger partial charge in [-0.05, 0) is 18.6 Å². The molecule has 0 amide bonds. The maximum Gasteiger partial charge on any atom is 0.435 e. The summed E-state index contributed by atoms with van der Waals surface area (Å²) in [6, 6.07) is 3.89. The van der Waals surface area contributed by atoms with E-state index in [1.165, 1.54) is 16.9 Å². The molecule has 1 fully saturated rings. The lowest BCUT2D eigenvalue weighted by Gasteiger charge is -2.37. The molecule has 0 spiro atoms. The largest absolute Gasteiger partial charge is 0.474 e. The van der Waals surface area contributed by atoms with Gasteiger partial charge in [-0.25, -0.2) is 18.4 Å². The maximum atomic E-state index is 13.4. The van der Waals surface area contributed by atoms with E-state index in [2.05, 4.69) is 10.1 Å². The van der Waals surface area contributed by atoms with Crippen LogP contribution in [0.5, 0.6) is 5.88 Å². The molecule has 0 saturated carbocycles. The fraction of sp³-hybridized carbons (Fsp3) is 0.619. The highest BCUT2D eigenvalue weighted by Gasteiger charge is 2.36. The SMILES string of the molecule is CCCCn1nc(C(F)(F)F)cc1OC1CCN(c2ccc(C(C)(F)F)cn2)CC1C. The number of piperidine rings is 1. The second-order valence-electron chi connectivity index (χ2n) is 8.10. The van der Waals surface area contributed by atoms with E-state index in [0.29, 0.717) is 38.3 Å². The normalized spacial score (nSPS) is 20.2. The van der Waals surface area contributed by atoms with Crippen LogP contribution < -0.4 is 9.64 Å². The van der Waals surface area contributed by atoms with E-state index in [1.807, 2.05) is 18.7 Å². The third-order valence-corrected chi connectivity index (χ3v) is 5.43. The van der Waals surface area contributed by atoms with Crippen molar-refractivity contribution in [1.29, 1.82) is 0 Å². The van der Waals surface area contributed by atoms with E-state index in [4.69, 9.17) is 4.74 Å². The van der Waals surface area contributed by atoms with Gasteiger partial charge in [0, 0.05) is 56.7 Å². The third-order valence-electron chi connectivity index (χ3n) is 5.43. The predicted molar refractivity (Wildman–Crippen MR) is 106 cm³/mol. The van der Waals surface area contributed by atoms with Crippen molar-refractivity contribution in [3.05, 3.63) is 35.7 Å². The monoisotopic (exact) mass is 446 g/mol. The third kappa shape index (κ3) is 5.65. The molecule has 0 N–H and O–H groups in total. The Kier molecular flexibility index (Phi) is 6.76. The van der Waals surface area contributed by atoms with Gasteiger partial charge in [0.05, 0.1) is 0 Å². The van der Waals surface area contributed by atoms with Crippen LogP contribution in [0, 0.1) is 5.92 Å². The number of aromatic nitrogens is 3. The smallest absolute Gasteiger partial charge is 0.435 e. The number of anilines is 1. The molecular weight excluding hydrogens is 419 g/mol. The zero-order chi connectivity index (χ0) is 22.8. The first-order chi connectivity index (χ1) is 14.5. The molecule has 3 heterocycles. The van der Waals surface area contributed by atoms with E-state index in [1.54, 1.807) is 6.07 Å². The highest BCUT2D eigenvalue weighted by Crippen LogP contribution is 2.33. The second-order valence-corrected chi connectivity index (χ2v) is 8.10. The molecule has 172 valence electrons. The van der Waals surface area contributed by atoms with E-state index in [-0.39, 0.29) is 23.5 Å². The number of ether oxygens (including phenoxy) is 1. The Morgan fingerprint density at radius 1 is 1.19 bits per heavy atom. The average molecular weight is 446 g/mol. The molecule has 0 aliphatic carbocycles. The van der Waals surface area contributed by atoms with Gasteiger partial charge in [0.25, 0.3) is 5.92 Å². The number of pyridine rings is 1. The van der Waals surface area contributed by atoms with Gasteiger partial charge >= 0.3 is 6.18 Å². The number of hydrogen-bond donors (Lipinski definition) is 0. The zero-order valence-corrected chi connectivity index (χ0v) is 17.8. The summed E-state index contributed by atoms with van der Waals surface area (Å²) in [6.07, 6.45) is -1.55. The van der Waals surface area contributed by atoms with E-state index < -0.39 is 17.8 Å². The summed E-state index contributed by atoms with van der Waals surface area (Å²) < 4.78 is 73.4. The number of unbranched alkanes of at least 4 members (excludes halogenated alkanes) is 1. The van der Waals surface area contributed by atoms with Gasteiger partial charge in [0.15, 0.2) is 5.69 Å². The Bertz CT molecular complexity index is 860. The molecule has 1 saturated heterocycles. The van der Waals surface area contributed by atoms with Crippen LogP contribution >= 0.6 is 0 Å². The van der Waals surface area contributed by atoms with Crippen LogP contribution in [0.4, 0.5) is 27.8 Å². The lowest BCUT2D eigenvalue weighted by molar-refractivity contribution is -0.141. The fourth-order valence-corrected chi connectivity index (χ4v) is 3.60. The molecule has 2 unspecified atom stereocenters. The fourth-order valence-electron chi connectivity index (χ4n) is 3.60. The van der Waals surface area contributed by atoms with Crippen molar-refractivity contribution >= 4 is 5.82 Å². The molecule has 10 heteroatoms. The van der Waals surface area contributed by atoms with Crippen molar-refractivity contribution in [3.63, 3.8) is 0 Å². The van der Waals surface area contributed by atoms with Crippen molar-refractivity contribution in [3.8, 4) is 5.88 Å². The van der Waals surface area contributed by atoms with Gasteiger partial charge in [-0.2, -0.15) is 18.3 Å². The Morgan fingerprint density at radius 3 is 2.48 bits per heavy atom. The lowest BCUT2D eigenvalue weighted by atomic mass is 9.96. The number of alkyl halides is 5. The summed E-state index contributed by atoms with van der Waals surface area (Å²) in [5.74, 6) is -2.24. The first kappa shape index (κ1) is 23.3. The minimum Gasteiger partial charge on any atom is -0.474 e. The van der Waals surface area contributed by atoms with Crippen LogP contribution in [0.25, 0.3) is 0 Å². The number of hydrogen-bond acceptors (Lipinski definition) is 4. The van der Waals surface area contributed by atoms with E-state index in [0.717, 1.165) is 19.4 Å². The standard InChI is InChI=1S/C21H27F5N4O/c1-4-5-9-30-19(11-17(28-30)21(24,25)26)31-16-8-10-29(13-14(16)2)18-7-6-15(12-27-18)20(3,22)23/h6-7,11-12,14,16H,4-5,8-10,13H2,1-3H3. The second kappa shape index (κ2) is 9.00. The Labute approximate surface area is 178 Å². The van der Waals surface area contributed by atoms with E-state index in [9.17, 15) is 22.0 Å². The average Bonchev–Trinajstić information content (AvgIpc) is 3.10. The Morgan fingerprint density at radius 2 is 1.94 bits per heavy atom. The summed E-state index contributed by atoms with van der Waals surface area (Å²) in [7, 11) is 0. The van der Waals surface area contributed by atoms with Gasteiger partial charge in [-0.1, -0.05) is 20.3 Å². The molecule has 0 bridgehead atoms. The zero-order valence-electron chi connectivity index (χ0n) is 17.8. The molecule has 1 aliphatic heterocycles. The first-order valence-electron chi connectivity index (χ1n) is 10.4. The van der Waals surface area contributed by atoms with Gasteiger partial charge in [0.1, 0.15) is 11.9 Å². The molecule has 2 aromatic rings. The lowest BCUT2D eigenvalue weighted by Crippen LogP contribution is -2.45. The van der Waals surface area contributed by atoms with Crippen molar-refractivity contribution in [2.75, 3.05) is 18.0 Å². The van der Waals surface area contributed by atoms with Crippen molar-refractivity contribution in [1.82, 2.24) is 14.8 Å². The molecule has 0 radical (unpaired) electrons. The van der Waals surface area contributed by atoms with Crippen LogP contribution in [0.2, 0.25) is 0 Å². The summed E-state index contributed by atoms with van der Waals surface area (Å²) >= 11 is 0. The number of halogens is 5. The molecule has 0 aromatic carbocycles. The van der Waals surface area contributed by atoms with Crippen LogP contribution in [-0.4, -0.2) is 34.0 Å². The van der Waals surface area contributed by atoms with Crippen LogP contribution in [0.15, 0.2) is 24.4 Å². The molecule has 31 heavy (non-hydrogen) atoms. The van der Waals surface area contributed by atoms with Gasteiger partial charge in [0.2, 0.25) is 5.88 Å². The highest BCUT2D eigenvalue weighted by molar-refractivity contribution is 5.40. The quantitative estimate of drug-likeness (QED) is 0.527. The number of nitrogens with zero attached hydrogens (tertiary/aromatic N) is 4. The summed E-state index contributed by atoms with van der Waals surface area (Å²) in [4.78, 5) is 6.13. The molecule has 5 nitrogen and oxygen atoms in total. The first-order valence-corrected chi connectivity index (χ1v) is 10.4. The highest BCUT2D eigenvalue weighted by atomic mass is 19.4. The summed E-state index contributed by atoms with van der Waals surface area (Å²) in [5, 5.41) is 3.69. The van der Waals surface area contributed by atoms with Crippen LogP contribution in [-0.2, 0) is 18.6 Å². The van der Waals surface area contributed by atoms with Crippen molar-refractivity contribution < 1.29 is 26.7 Å². The molecular formula is C21H27F5N4O. The molecule has 1 aliphatic rings.